The van der Waals surface area contributed by atoms with Crippen LogP contribution in [-0.4, -0.2) is 7.05 Å². The Morgan fingerprint density at radius 2 is 1.95 bits per heavy atom. The second kappa shape index (κ2) is 6.12. The van der Waals surface area contributed by atoms with Gasteiger partial charge in [-0.05, 0) is 43.8 Å². The maximum absolute atomic E-state index is 12.6. The molecule has 1 atom stereocenters. The molecule has 1 heterocycles. The van der Waals surface area contributed by atoms with Crippen molar-refractivity contribution in [3.8, 4) is 11.3 Å². The molecule has 2 rings (SSSR count). The largest absolute Gasteiger partial charge is 0.459 e. The van der Waals surface area contributed by atoms with E-state index in [-0.39, 0.29) is 11.1 Å². The first kappa shape index (κ1) is 15.9. The first-order valence-corrected chi connectivity index (χ1v) is 6.88. The molecule has 0 bridgehead atoms. The van der Waals surface area contributed by atoms with Gasteiger partial charge in [-0.1, -0.05) is 18.5 Å². The van der Waals surface area contributed by atoms with Gasteiger partial charge < -0.3 is 9.73 Å². The van der Waals surface area contributed by atoms with Crippen molar-refractivity contribution in [2.24, 2.45) is 0 Å². The number of alkyl halides is 3. The van der Waals surface area contributed by atoms with Gasteiger partial charge in [0, 0.05) is 5.56 Å². The van der Waals surface area contributed by atoms with Crippen LogP contribution in [0.1, 0.15) is 30.7 Å². The van der Waals surface area contributed by atoms with Crippen LogP contribution < -0.4 is 5.32 Å². The van der Waals surface area contributed by atoms with E-state index in [4.69, 9.17) is 16.0 Å². The van der Waals surface area contributed by atoms with Crippen LogP contribution in [0.2, 0.25) is 5.02 Å². The van der Waals surface area contributed by atoms with Crippen LogP contribution in [0.15, 0.2) is 34.7 Å². The third-order valence-electron chi connectivity index (χ3n) is 3.29. The van der Waals surface area contributed by atoms with Crippen LogP contribution in [0.5, 0.6) is 0 Å². The van der Waals surface area contributed by atoms with Crippen LogP contribution in [0, 0.1) is 0 Å². The van der Waals surface area contributed by atoms with E-state index in [1.807, 2.05) is 14.0 Å². The molecule has 0 fully saturated rings. The molecular formula is C15H15ClF3NO. The summed E-state index contributed by atoms with van der Waals surface area (Å²) < 4.78 is 43.5. The predicted octanol–water partition coefficient (Wildman–Crippen LogP) is 5.29. The van der Waals surface area contributed by atoms with Gasteiger partial charge in [0.25, 0.3) is 0 Å². The van der Waals surface area contributed by atoms with Gasteiger partial charge in [0.15, 0.2) is 0 Å². The molecule has 0 spiro atoms. The molecule has 6 heteroatoms. The highest BCUT2D eigenvalue weighted by Gasteiger charge is 2.31. The quantitative estimate of drug-likeness (QED) is 0.829. The molecule has 0 saturated heterocycles. The predicted molar refractivity (Wildman–Crippen MR) is 76.2 cm³/mol. The Kier molecular flexibility index (Phi) is 4.64. The highest BCUT2D eigenvalue weighted by Crippen LogP contribution is 2.36. The lowest BCUT2D eigenvalue weighted by Crippen LogP contribution is -2.14. The third kappa shape index (κ3) is 3.41. The molecule has 114 valence electrons. The van der Waals surface area contributed by atoms with Crippen molar-refractivity contribution in [3.05, 3.63) is 46.7 Å². The molecule has 1 N–H and O–H groups in total. The summed E-state index contributed by atoms with van der Waals surface area (Å²) in [5, 5.41) is 3.12. The lowest BCUT2D eigenvalue weighted by Gasteiger charge is -2.11. The van der Waals surface area contributed by atoms with E-state index in [1.165, 1.54) is 6.07 Å². The summed E-state index contributed by atoms with van der Waals surface area (Å²) in [5.74, 6) is 1.18. The average molecular weight is 318 g/mol. The second-order valence-corrected chi connectivity index (χ2v) is 5.05. The zero-order valence-corrected chi connectivity index (χ0v) is 12.3. The monoisotopic (exact) mass is 317 g/mol. The fourth-order valence-electron chi connectivity index (χ4n) is 2.12. The number of rotatable bonds is 4. The van der Waals surface area contributed by atoms with E-state index in [9.17, 15) is 13.2 Å². The summed E-state index contributed by atoms with van der Waals surface area (Å²) in [6.07, 6.45) is -3.57. The Labute approximate surface area is 125 Å². The molecule has 2 nitrogen and oxygen atoms in total. The highest BCUT2D eigenvalue weighted by atomic mass is 35.5. The Balaban J connectivity index is 2.35. The molecule has 21 heavy (non-hydrogen) atoms. The molecule has 0 aliphatic carbocycles. The first-order chi connectivity index (χ1) is 9.86. The van der Waals surface area contributed by atoms with Crippen LogP contribution in [0.25, 0.3) is 11.3 Å². The second-order valence-electron chi connectivity index (χ2n) is 4.64. The zero-order chi connectivity index (χ0) is 15.6. The number of halogens is 4. The van der Waals surface area contributed by atoms with Crippen molar-refractivity contribution in [2.45, 2.75) is 25.6 Å². The standard InChI is InChI=1S/C15H15ClF3NO/c1-3-12(20-2)14-7-6-13(21-14)10-5-4-9(8-11(10)16)15(17,18)19/h4-8,12,20H,3H2,1-2H3. The van der Waals surface area contributed by atoms with Gasteiger partial charge in [-0.3, -0.25) is 0 Å². The number of hydrogen-bond acceptors (Lipinski definition) is 2. The highest BCUT2D eigenvalue weighted by molar-refractivity contribution is 6.33. The number of nitrogens with one attached hydrogen (secondary N) is 1. The van der Waals surface area contributed by atoms with E-state index >= 15 is 0 Å². The normalized spacial score (nSPS) is 13.4. The van der Waals surface area contributed by atoms with Gasteiger partial charge in [-0.15, -0.1) is 0 Å². The van der Waals surface area contributed by atoms with E-state index < -0.39 is 11.7 Å². The van der Waals surface area contributed by atoms with Crippen molar-refractivity contribution in [3.63, 3.8) is 0 Å². The average Bonchev–Trinajstić information content (AvgIpc) is 2.88. The van der Waals surface area contributed by atoms with Crippen LogP contribution >= 0.6 is 11.6 Å². The van der Waals surface area contributed by atoms with Crippen LogP contribution in [0.3, 0.4) is 0 Å². The molecular weight excluding hydrogens is 303 g/mol. The summed E-state index contributed by atoms with van der Waals surface area (Å²) in [7, 11) is 1.82. The van der Waals surface area contributed by atoms with Gasteiger partial charge in [0.1, 0.15) is 11.5 Å². The van der Waals surface area contributed by atoms with Gasteiger partial charge in [0.05, 0.1) is 16.6 Å². The molecule has 2 aromatic rings. The minimum Gasteiger partial charge on any atom is -0.459 e. The molecule has 1 aromatic heterocycles. The molecule has 1 unspecified atom stereocenters. The smallest absolute Gasteiger partial charge is 0.416 e. The zero-order valence-electron chi connectivity index (χ0n) is 11.6. The maximum Gasteiger partial charge on any atom is 0.416 e. The maximum atomic E-state index is 12.6. The summed E-state index contributed by atoms with van der Waals surface area (Å²) in [4.78, 5) is 0. The lowest BCUT2D eigenvalue weighted by molar-refractivity contribution is -0.137. The topological polar surface area (TPSA) is 25.2 Å². The Morgan fingerprint density at radius 1 is 1.24 bits per heavy atom. The minimum absolute atomic E-state index is 0.0169. The van der Waals surface area contributed by atoms with Gasteiger partial charge in [-0.25, -0.2) is 0 Å². The summed E-state index contributed by atoms with van der Waals surface area (Å²) in [6, 6.07) is 6.81. The van der Waals surface area contributed by atoms with E-state index in [2.05, 4.69) is 5.32 Å². The number of hydrogen-bond donors (Lipinski definition) is 1. The number of benzene rings is 1. The minimum atomic E-state index is -4.41. The van der Waals surface area contributed by atoms with Gasteiger partial charge >= 0.3 is 6.18 Å². The molecule has 0 saturated carbocycles. The van der Waals surface area contributed by atoms with Crippen molar-refractivity contribution >= 4 is 11.6 Å². The van der Waals surface area contributed by atoms with Crippen LogP contribution in [-0.2, 0) is 6.18 Å². The fourth-order valence-corrected chi connectivity index (χ4v) is 2.40. The Hall–Kier alpha value is -1.46. The SMILES string of the molecule is CCC(NC)c1ccc(-c2ccc(C(F)(F)F)cc2Cl)o1. The molecule has 0 aliphatic heterocycles. The third-order valence-corrected chi connectivity index (χ3v) is 3.60. The molecule has 0 radical (unpaired) electrons. The first-order valence-electron chi connectivity index (χ1n) is 6.51. The fraction of sp³-hybridized carbons (Fsp3) is 0.333. The van der Waals surface area contributed by atoms with Gasteiger partial charge in [0.2, 0.25) is 0 Å². The lowest BCUT2D eigenvalue weighted by atomic mass is 10.1. The van der Waals surface area contributed by atoms with Crippen molar-refractivity contribution in [2.75, 3.05) is 7.05 Å². The van der Waals surface area contributed by atoms with Crippen molar-refractivity contribution < 1.29 is 17.6 Å². The molecule has 0 amide bonds. The van der Waals surface area contributed by atoms with E-state index in [0.29, 0.717) is 11.3 Å². The van der Waals surface area contributed by atoms with Crippen molar-refractivity contribution in [1.29, 1.82) is 0 Å². The molecule has 0 aliphatic rings. The summed E-state index contributed by atoms with van der Waals surface area (Å²) in [5.41, 5.74) is -0.327. The van der Waals surface area contributed by atoms with Gasteiger partial charge in [-0.2, -0.15) is 13.2 Å². The molecule has 1 aromatic carbocycles. The summed E-state index contributed by atoms with van der Waals surface area (Å²) in [6.45, 7) is 2.01. The van der Waals surface area contributed by atoms with Crippen molar-refractivity contribution in [1.82, 2.24) is 5.32 Å². The van der Waals surface area contributed by atoms with E-state index in [0.717, 1.165) is 24.3 Å². The Morgan fingerprint density at radius 3 is 2.48 bits per heavy atom. The number of furan rings is 1. The van der Waals surface area contributed by atoms with E-state index in [1.54, 1.807) is 12.1 Å². The Bertz CT molecular complexity index is 618. The summed E-state index contributed by atoms with van der Waals surface area (Å²) >= 11 is 5.95. The van der Waals surface area contributed by atoms with Crippen LogP contribution in [0.4, 0.5) is 13.2 Å².